The van der Waals surface area contributed by atoms with Crippen LogP contribution in [-0.4, -0.2) is 4.98 Å². The van der Waals surface area contributed by atoms with Crippen molar-refractivity contribution >= 4 is 29.1 Å². The summed E-state index contributed by atoms with van der Waals surface area (Å²) in [6, 6.07) is 13.7. The summed E-state index contributed by atoms with van der Waals surface area (Å²) in [5.74, 6) is 0.869. The maximum absolute atomic E-state index is 5.83. The first kappa shape index (κ1) is 11.3. The van der Waals surface area contributed by atoms with E-state index >= 15 is 0 Å². The molecule has 2 aromatic rings. The van der Waals surface area contributed by atoms with Crippen LogP contribution in [0.15, 0.2) is 47.5 Å². The third-order valence-corrected chi connectivity index (χ3v) is 3.20. The third kappa shape index (κ3) is 3.15. The van der Waals surface area contributed by atoms with Gasteiger partial charge in [0.05, 0.1) is 0 Å². The van der Waals surface area contributed by atoms with Gasteiger partial charge in [-0.2, -0.15) is 0 Å². The van der Waals surface area contributed by atoms with E-state index in [1.54, 1.807) is 17.8 Å². The molecule has 1 heterocycles. The van der Waals surface area contributed by atoms with Crippen molar-refractivity contribution in [2.24, 2.45) is 0 Å². The van der Waals surface area contributed by atoms with E-state index in [1.165, 1.54) is 5.56 Å². The summed E-state index contributed by atoms with van der Waals surface area (Å²) >= 11 is 7.45. The molecule has 0 saturated heterocycles. The number of aromatic nitrogens is 1. The van der Waals surface area contributed by atoms with Crippen molar-refractivity contribution in [1.82, 2.24) is 4.98 Å². The molecule has 0 atom stereocenters. The van der Waals surface area contributed by atoms with E-state index in [0.717, 1.165) is 10.8 Å². The van der Waals surface area contributed by atoms with Crippen molar-refractivity contribution in [1.29, 1.82) is 0 Å². The summed E-state index contributed by atoms with van der Waals surface area (Å²) in [6.45, 7) is 0. The van der Waals surface area contributed by atoms with Crippen LogP contribution in [0.3, 0.4) is 0 Å². The summed E-state index contributed by atoms with van der Waals surface area (Å²) in [5.41, 5.74) is 7.60. The molecular formula is C12H11ClN2S. The number of anilines is 1. The predicted molar refractivity (Wildman–Crippen MR) is 69.7 cm³/mol. The minimum Gasteiger partial charge on any atom is -0.399 e. The minimum atomic E-state index is 0.440. The molecule has 0 aliphatic heterocycles. The van der Waals surface area contributed by atoms with Crippen molar-refractivity contribution in [3.63, 3.8) is 0 Å². The first-order valence-corrected chi connectivity index (χ1v) is 6.20. The Labute approximate surface area is 104 Å². The lowest BCUT2D eigenvalue weighted by Crippen LogP contribution is -1.89. The second-order valence-electron chi connectivity index (χ2n) is 3.34. The average Bonchev–Trinajstić information content (AvgIpc) is 2.27. The van der Waals surface area contributed by atoms with Crippen LogP contribution in [0.2, 0.25) is 5.15 Å². The molecule has 1 aromatic heterocycles. The number of hydrogen-bond acceptors (Lipinski definition) is 3. The van der Waals surface area contributed by atoms with Crippen LogP contribution < -0.4 is 5.73 Å². The molecule has 0 fully saturated rings. The number of nitrogens with two attached hydrogens (primary N) is 1. The summed E-state index contributed by atoms with van der Waals surface area (Å²) in [7, 11) is 0. The van der Waals surface area contributed by atoms with E-state index in [1.807, 2.05) is 24.3 Å². The fraction of sp³-hybridized carbons (Fsp3) is 0.0833. The fourth-order valence-electron chi connectivity index (χ4n) is 1.30. The van der Waals surface area contributed by atoms with Gasteiger partial charge in [-0.05, 0) is 17.7 Å². The molecule has 0 bridgehead atoms. The molecule has 82 valence electrons. The molecule has 0 amide bonds. The van der Waals surface area contributed by atoms with Gasteiger partial charge in [0.15, 0.2) is 0 Å². The molecule has 0 aliphatic rings. The molecule has 0 radical (unpaired) electrons. The van der Waals surface area contributed by atoms with Gasteiger partial charge in [0, 0.05) is 11.4 Å². The Balaban J connectivity index is 2.05. The summed E-state index contributed by atoms with van der Waals surface area (Å²) < 4.78 is 0. The average molecular weight is 251 g/mol. The first-order valence-electron chi connectivity index (χ1n) is 4.84. The summed E-state index contributed by atoms with van der Waals surface area (Å²) in [4.78, 5) is 4.20. The lowest BCUT2D eigenvalue weighted by atomic mass is 10.2. The van der Waals surface area contributed by atoms with Crippen LogP contribution in [-0.2, 0) is 5.75 Å². The number of thioether (sulfide) groups is 1. The highest BCUT2D eigenvalue weighted by molar-refractivity contribution is 7.98. The minimum absolute atomic E-state index is 0.440. The Hall–Kier alpha value is -1.19. The van der Waals surface area contributed by atoms with Crippen molar-refractivity contribution in [3.05, 3.63) is 53.2 Å². The van der Waals surface area contributed by atoms with Gasteiger partial charge in [-0.3, -0.25) is 0 Å². The number of pyridine rings is 1. The predicted octanol–water partition coefficient (Wildman–Crippen LogP) is 3.61. The zero-order valence-electron chi connectivity index (χ0n) is 8.56. The van der Waals surface area contributed by atoms with Crippen LogP contribution >= 0.6 is 23.4 Å². The highest BCUT2D eigenvalue weighted by atomic mass is 35.5. The standard InChI is InChI=1S/C12H11ClN2S/c13-11-6-10(14)7-12(15-11)16-8-9-4-2-1-3-5-9/h1-7H,8H2,(H2,14,15). The normalized spacial score (nSPS) is 10.3. The fourth-order valence-corrected chi connectivity index (χ4v) is 2.45. The van der Waals surface area contributed by atoms with Crippen molar-refractivity contribution < 1.29 is 0 Å². The zero-order valence-corrected chi connectivity index (χ0v) is 10.1. The number of nitrogen functional groups attached to an aromatic ring is 1. The lowest BCUT2D eigenvalue weighted by Gasteiger charge is -2.03. The lowest BCUT2D eigenvalue weighted by molar-refractivity contribution is 1.13. The Morgan fingerprint density at radius 1 is 1.19 bits per heavy atom. The molecule has 0 unspecified atom stereocenters. The van der Waals surface area contributed by atoms with Gasteiger partial charge < -0.3 is 5.73 Å². The quantitative estimate of drug-likeness (QED) is 0.668. The zero-order chi connectivity index (χ0) is 11.4. The van der Waals surface area contributed by atoms with Gasteiger partial charge in [0.25, 0.3) is 0 Å². The van der Waals surface area contributed by atoms with Crippen LogP contribution in [0, 0.1) is 0 Å². The van der Waals surface area contributed by atoms with Gasteiger partial charge >= 0.3 is 0 Å². The Kier molecular flexibility index (Phi) is 3.70. The van der Waals surface area contributed by atoms with Crippen LogP contribution in [0.1, 0.15) is 5.56 Å². The number of hydrogen-bond donors (Lipinski definition) is 1. The monoisotopic (exact) mass is 250 g/mol. The van der Waals surface area contributed by atoms with E-state index in [-0.39, 0.29) is 0 Å². The molecular weight excluding hydrogens is 240 g/mol. The maximum atomic E-state index is 5.83. The molecule has 2 rings (SSSR count). The molecule has 2 N–H and O–H groups in total. The second-order valence-corrected chi connectivity index (χ2v) is 4.72. The van der Waals surface area contributed by atoms with Gasteiger partial charge in [-0.1, -0.05) is 41.9 Å². The summed E-state index contributed by atoms with van der Waals surface area (Å²) in [6.07, 6.45) is 0. The van der Waals surface area contributed by atoms with E-state index in [2.05, 4.69) is 17.1 Å². The van der Waals surface area contributed by atoms with Gasteiger partial charge in [0.2, 0.25) is 0 Å². The maximum Gasteiger partial charge on any atom is 0.132 e. The second kappa shape index (κ2) is 5.23. The first-order chi connectivity index (χ1) is 7.74. The highest BCUT2D eigenvalue weighted by Gasteiger charge is 2.00. The topological polar surface area (TPSA) is 38.9 Å². The highest BCUT2D eigenvalue weighted by Crippen LogP contribution is 2.24. The van der Waals surface area contributed by atoms with Crippen LogP contribution in [0.5, 0.6) is 0 Å². The molecule has 2 nitrogen and oxygen atoms in total. The number of rotatable bonds is 3. The molecule has 1 aromatic carbocycles. The molecule has 4 heteroatoms. The van der Waals surface area contributed by atoms with Crippen LogP contribution in [0.25, 0.3) is 0 Å². The number of halogens is 1. The molecule has 0 aliphatic carbocycles. The van der Waals surface area contributed by atoms with Crippen molar-refractivity contribution in [2.45, 2.75) is 10.8 Å². The van der Waals surface area contributed by atoms with E-state index < -0.39 is 0 Å². The largest absolute Gasteiger partial charge is 0.399 e. The number of nitrogens with zero attached hydrogens (tertiary/aromatic N) is 1. The molecule has 0 spiro atoms. The van der Waals surface area contributed by atoms with E-state index in [9.17, 15) is 0 Å². The number of benzene rings is 1. The van der Waals surface area contributed by atoms with Crippen LogP contribution in [0.4, 0.5) is 5.69 Å². The Morgan fingerprint density at radius 2 is 1.94 bits per heavy atom. The smallest absolute Gasteiger partial charge is 0.132 e. The van der Waals surface area contributed by atoms with Gasteiger partial charge in [-0.15, -0.1) is 11.8 Å². The van der Waals surface area contributed by atoms with Crippen molar-refractivity contribution in [2.75, 3.05) is 5.73 Å². The summed E-state index contributed by atoms with van der Waals surface area (Å²) in [5, 5.41) is 1.30. The Morgan fingerprint density at radius 3 is 2.62 bits per heavy atom. The Bertz CT molecular complexity index is 453. The van der Waals surface area contributed by atoms with E-state index in [0.29, 0.717) is 10.8 Å². The molecule has 16 heavy (non-hydrogen) atoms. The third-order valence-electron chi connectivity index (χ3n) is 2.02. The van der Waals surface area contributed by atoms with E-state index in [4.69, 9.17) is 17.3 Å². The van der Waals surface area contributed by atoms with Crippen molar-refractivity contribution in [3.8, 4) is 0 Å². The SMILES string of the molecule is Nc1cc(Cl)nc(SCc2ccccc2)c1. The molecule has 0 saturated carbocycles. The van der Waals surface area contributed by atoms with Gasteiger partial charge in [0.1, 0.15) is 10.2 Å². The van der Waals surface area contributed by atoms with Gasteiger partial charge in [-0.25, -0.2) is 4.98 Å².